The van der Waals surface area contributed by atoms with E-state index in [4.69, 9.17) is 4.74 Å². The first-order valence-electron chi connectivity index (χ1n) is 5.47. The van der Waals surface area contributed by atoms with Gasteiger partial charge in [-0.25, -0.2) is 0 Å². The number of nitro benzene ring substituents is 1. The topological polar surface area (TPSA) is 93.5 Å². The second-order valence-electron chi connectivity index (χ2n) is 3.55. The Labute approximate surface area is 118 Å². The van der Waals surface area contributed by atoms with E-state index in [0.29, 0.717) is 24.5 Å². The maximum absolute atomic E-state index is 11.0. The van der Waals surface area contributed by atoms with Crippen LogP contribution in [0.5, 0.6) is 5.75 Å². The fraction of sp³-hybridized carbons (Fsp3) is 0.364. The van der Waals surface area contributed by atoms with E-state index >= 15 is 0 Å². The van der Waals surface area contributed by atoms with Gasteiger partial charge in [0.15, 0.2) is 0 Å². The lowest BCUT2D eigenvalue weighted by atomic mass is 10.2. The van der Waals surface area contributed by atoms with Crippen molar-refractivity contribution in [3.8, 4) is 5.75 Å². The minimum atomic E-state index is -0.473. The summed E-state index contributed by atoms with van der Waals surface area (Å²) in [6.45, 7) is 0.756. The molecule has 0 aliphatic carbocycles. The standard InChI is InChI=1S/C11H14BrN3O4/c1-19-8-2-3-10(15(17)18)9(6-8)13-4-5-14-11(16)7-12/h2-3,6,13H,4-5,7H2,1H3,(H,14,16). The van der Waals surface area contributed by atoms with Crippen molar-refractivity contribution in [2.45, 2.75) is 0 Å². The predicted octanol–water partition coefficient (Wildman–Crippen LogP) is 1.53. The molecule has 2 N–H and O–H groups in total. The lowest BCUT2D eigenvalue weighted by Crippen LogP contribution is -2.29. The molecule has 104 valence electrons. The molecule has 1 amide bonds. The maximum Gasteiger partial charge on any atom is 0.292 e. The van der Waals surface area contributed by atoms with E-state index in [0.717, 1.165) is 0 Å². The van der Waals surface area contributed by atoms with Gasteiger partial charge in [0.05, 0.1) is 17.4 Å². The third-order valence-electron chi connectivity index (χ3n) is 2.28. The van der Waals surface area contributed by atoms with E-state index in [1.165, 1.54) is 19.2 Å². The summed E-state index contributed by atoms with van der Waals surface area (Å²) in [6, 6.07) is 4.44. The van der Waals surface area contributed by atoms with Gasteiger partial charge in [-0.15, -0.1) is 0 Å². The number of nitro groups is 1. The summed E-state index contributed by atoms with van der Waals surface area (Å²) in [7, 11) is 1.49. The third kappa shape index (κ3) is 4.74. The molecule has 0 aromatic heterocycles. The molecule has 0 bridgehead atoms. The largest absolute Gasteiger partial charge is 0.497 e. The Balaban J connectivity index is 2.64. The summed E-state index contributed by atoms with van der Waals surface area (Å²) < 4.78 is 5.01. The molecule has 0 saturated carbocycles. The van der Waals surface area contributed by atoms with Gasteiger partial charge in [0.2, 0.25) is 5.91 Å². The fourth-order valence-electron chi connectivity index (χ4n) is 1.39. The van der Waals surface area contributed by atoms with Gasteiger partial charge in [-0.3, -0.25) is 14.9 Å². The van der Waals surface area contributed by atoms with Gasteiger partial charge in [0, 0.05) is 25.2 Å². The van der Waals surface area contributed by atoms with E-state index in [-0.39, 0.29) is 16.9 Å². The highest BCUT2D eigenvalue weighted by molar-refractivity contribution is 9.09. The molecule has 1 rings (SSSR count). The number of carbonyl (C=O) groups excluding carboxylic acids is 1. The van der Waals surface area contributed by atoms with Gasteiger partial charge in [-0.1, -0.05) is 15.9 Å². The normalized spacial score (nSPS) is 9.79. The molecule has 1 aromatic rings. The van der Waals surface area contributed by atoms with E-state index in [1.54, 1.807) is 6.07 Å². The van der Waals surface area contributed by atoms with E-state index < -0.39 is 4.92 Å². The van der Waals surface area contributed by atoms with Crippen LogP contribution in [-0.2, 0) is 4.79 Å². The van der Waals surface area contributed by atoms with Crippen LogP contribution in [0.1, 0.15) is 0 Å². The fourth-order valence-corrected chi connectivity index (χ4v) is 1.59. The average molecular weight is 332 g/mol. The van der Waals surface area contributed by atoms with Crippen molar-refractivity contribution in [2.75, 3.05) is 30.8 Å². The lowest BCUT2D eigenvalue weighted by Gasteiger charge is -2.09. The summed E-state index contributed by atoms with van der Waals surface area (Å²) >= 11 is 3.02. The van der Waals surface area contributed by atoms with Gasteiger partial charge in [0.25, 0.3) is 5.69 Å². The van der Waals surface area contributed by atoms with Crippen molar-refractivity contribution in [1.82, 2.24) is 5.32 Å². The summed E-state index contributed by atoms with van der Waals surface area (Å²) in [6.07, 6.45) is 0. The molecule has 0 heterocycles. The second kappa shape index (κ2) is 7.57. The number of carbonyl (C=O) groups is 1. The molecule has 7 nitrogen and oxygen atoms in total. The molecule has 0 saturated heterocycles. The summed E-state index contributed by atoms with van der Waals surface area (Å²) in [5.41, 5.74) is 0.324. The molecule has 1 aromatic carbocycles. The van der Waals surface area contributed by atoms with Crippen LogP contribution in [-0.4, -0.2) is 36.4 Å². The number of amides is 1. The highest BCUT2D eigenvalue weighted by atomic mass is 79.9. The van der Waals surface area contributed by atoms with Crippen molar-refractivity contribution in [2.24, 2.45) is 0 Å². The Morgan fingerprint density at radius 2 is 2.21 bits per heavy atom. The number of anilines is 1. The minimum Gasteiger partial charge on any atom is -0.497 e. The van der Waals surface area contributed by atoms with E-state index in [9.17, 15) is 14.9 Å². The number of rotatable bonds is 7. The zero-order chi connectivity index (χ0) is 14.3. The molecule has 8 heteroatoms. The summed E-state index contributed by atoms with van der Waals surface area (Å²) in [5.74, 6) is 0.388. The molecule has 0 aliphatic heterocycles. The van der Waals surface area contributed by atoms with Crippen molar-refractivity contribution in [1.29, 1.82) is 0 Å². The summed E-state index contributed by atoms with van der Waals surface area (Å²) in [4.78, 5) is 21.4. The van der Waals surface area contributed by atoms with Crippen LogP contribution in [0.3, 0.4) is 0 Å². The number of hydrogen-bond donors (Lipinski definition) is 2. The number of benzene rings is 1. The van der Waals surface area contributed by atoms with Crippen molar-refractivity contribution < 1.29 is 14.5 Å². The Morgan fingerprint density at radius 1 is 1.47 bits per heavy atom. The molecule has 0 unspecified atom stereocenters. The number of nitrogens with zero attached hydrogens (tertiary/aromatic N) is 1. The number of nitrogens with one attached hydrogen (secondary N) is 2. The monoisotopic (exact) mass is 331 g/mol. The van der Waals surface area contributed by atoms with Crippen LogP contribution < -0.4 is 15.4 Å². The van der Waals surface area contributed by atoms with Gasteiger partial charge >= 0.3 is 0 Å². The van der Waals surface area contributed by atoms with Gasteiger partial charge in [-0.2, -0.15) is 0 Å². The molecule has 0 fully saturated rings. The Bertz CT molecular complexity index is 467. The number of hydrogen-bond acceptors (Lipinski definition) is 5. The average Bonchev–Trinajstić information content (AvgIpc) is 2.42. The Kier molecular flexibility index (Phi) is 6.07. The molecule has 0 atom stereocenters. The second-order valence-corrected chi connectivity index (χ2v) is 4.11. The van der Waals surface area contributed by atoms with Crippen molar-refractivity contribution in [3.63, 3.8) is 0 Å². The van der Waals surface area contributed by atoms with E-state index in [1.807, 2.05) is 0 Å². The van der Waals surface area contributed by atoms with Crippen LogP contribution in [0.2, 0.25) is 0 Å². The lowest BCUT2D eigenvalue weighted by molar-refractivity contribution is -0.384. The molecule has 0 radical (unpaired) electrons. The Hall–Kier alpha value is -1.83. The smallest absolute Gasteiger partial charge is 0.292 e. The van der Waals surface area contributed by atoms with Crippen LogP contribution in [0, 0.1) is 10.1 Å². The first kappa shape index (κ1) is 15.2. The van der Waals surface area contributed by atoms with Gasteiger partial charge < -0.3 is 15.4 Å². The maximum atomic E-state index is 11.0. The van der Waals surface area contributed by atoms with Gasteiger partial charge in [-0.05, 0) is 6.07 Å². The van der Waals surface area contributed by atoms with Crippen LogP contribution in [0.15, 0.2) is 18.2 Å². The summed E-state index contributed by atoms with van der Waals surface area (Å²) in [5, 5.41) is 16.6. The number of methoxy groups -OCH3 is 1. The first-order chi connectivity index (χ1) is 9.08. The predicted molar refractivity (Wildman–Crippen MR) is 74.9 cm³/mol. The Morgan fingerprint density at radius 3 is 2.79 bits per heavy atom. The quantitative estimate of drug-likeness (QED) is 0.342. The minimum absolute atomic E-state index is 0.0346. The highest BCUT2D eigenvalue weighted by Crippen LogP contribution is 2.28. The third-order valence-corrected chi connectivity index (χ3v) is 2.79. The molecule has 0 spiro atoms. The zero-order valence-electron chi connectivity index (χ0n) is 10.3. The molecular weight excluding hydrogens is 318 g/mol. The van der Waals surface area contributed by atoms with Gasteiger partial charge in [0.1, 0.15) is 11.4 Å². The van der Waals surface area contributed by atoms with E-state index in [2.05, 4.69) is 26.6 Å². The van der Waals surface area contributed by atoms with Crippen LogP contribution in [0.4, 0.5) is 11.4 Å². The number of alkyl halides is 1. The molecule has 19 heavy (non-hydrogen) atoms. The zero-order valence-corrected chi connectivity index (χ0v) is 11.9. The SMILES string of the molecule is COc1ccc([N+](=O)[O-])c(NCCNC(=O)CBr)c1. The highest BCUT2D eigenvalue weighted by Gasteiger charge is 2.14. The van der Waals surface area contributed by atoms with Crippen LogP contribution >= 0.6 is 15.9 Å². The molecule has 0 aliphatic rings. The van der Waals surface area contributed by atoms with Crippen molar-refractivity contribution in [3.05, 3.63) is 28.3 Å². The van der Waals surface area contributed by atoms with Crippen LogP contribution in [0.25, 0.3) is 0 Å². The van der Waals surface area contributed by atoms with Crippen molar-refractivity contribution >= 4 is 33.2 Å². The number of ether oxygens (including phenoxy) is 1. The molecular formula is C11H14BrN3O4. The first-order valence-corrected chi connectivity index (χ1v) is 6.59. The number of halogens is 1.